The van der Waals surface area contributed by atoms with Gasteiger partial charge in [-0.15, -0.1) is 0 Å². The van der Waals surface area contributed by atoms with E-state index in [0.717, 1.165) is 84.5 Å². The number of aryl methyl sites for hydroxylation is 3. The smallest absolute Gasteiger partial charge is 0.222 e. The summed E-state index contributed by atoms with van der Waals surface area (Å²) in [6.07, 6.45) is 5.53. The number of hydrogen-bond donors (Lipinski definition) is 0. The number of nitrogens with zero attached hydrogens (tertiary/aromatic N) is 4. The molecule has 2 aliphatic heterocycles. The van der Waals surface area contributed by atoms with Crippen LogP contribution in [-0.4, -0.2) is 79.2 Å². The Balaban J connectivity index is 1.15. The van der Waals surface area contributed by atoms with Crippen LogP contribution in [0, 0.1) is 6.92 Å². The lowest BCUT2D eigenvalue weighted by Crippen LogP contribution is -2.48. The summed E-state index contributed by atoms with van der Waals surface area (Å²) in [5.41, 5.74) is 6.55. The zero-order valence-electron chi connectivity index (χ0n) is 25.1. The maximum atomic E-state index is 13.3. The number of amides is 2. The molecule has 41 heavy (non-hydrogen) atoms. The number of anilines is 1. The van der Waals surface area contributed by atoms with Gasteiger partial charge in [0.05, 0.1) is 0 Å². The minimum absolute atomic E-state index is 0.158. The van der Waals surface area contributed by atoms with Gasteiger partial charge in [-0.2, -0.15) is 0 Å². The third-order valence-corrected chi connectivity index (χ3v) is 9.05. The van der Waals surface area contributed by atoms with Crippen LogP contribution in [0.2, 0.25) is 0 Å². The Morgan fingerprint density at radius 1 is 0.927 bits per heavy atom. The Morgan fingerprint density at radius 3 is 2.41 bits per heavy atom. The summed E-state index contributed by atoms with van der Waals surface area (Å²) < 4.78 is 7.85. The second kappa shape index (κ2) is 13.6. The molecule has 0 saturated carbocycles. The number of methoxy groups -OCH3 is 1. The van der Waals surface area contributed by atoms with E-state index in [4.69, 9.17) is 4.74 Å². The minimum atomic E-state index is 0.158. The molecule has 1 atom stereocenters. The molecule has 220 valence electrons. The Kier molecular flexibility index (Phi) is 9.65. The zero-order chi connectivity index (χ0) is 28.8. The summed E-state index contributed by atoms with van der Waals surface area (Å²) in [5, 5.41) is 1.33. The largest absolute Gasteiger partial charge is 0.385 e. The van der Waals surface area contributed by atoms with Crippen LogP contribution in [0.1, 0.15) is 61.8 Å². The molecule has 3 heterocycles. The number of carbonyl (C=O) groups excluding carboxylic acids is 2. The maximum absolute atomic E-state index is 13.3. The summed E-state index contributed by atoms with van der Waals surface area (Å²) in [7, 11) is 1.76. The molecule has 7 heteroatoms. The fraction of sp³-hybridized carbons (Fsp3) is 0.529. The number of likely N-dealkylation sites (tertiary alicyclic amines) is 1. The van der Waals surface area contributed by atoms with Gasteiger partial charge in [0, 0.05) is 101 Å². The summed E-state index contributed by atoms with van der Waals surface area (Å²) in [5.74, 6) is 0.813. The summed E-state index contributed by atoms with van der Waals surface area (Å²) in [4.78, 5) is 31.3. The summed E-state index contributed by atoms with van der Waals surface area (Å²) >= 11 is 0. The number of fused-ring (bicyclic) bond motifs is 1. The van der Waals surface area contributed by atoms with Gasteiger partial charge in [-0.3, -0.25) is 9.59 Å². The SMILES string of the molecule is COCCCn1c(C2CCCN(C(=O)CCCc3ccc(N4CCN(C(C)=O)CC4)cc3)C2)c(C)c2ccccc21. The van der Waals surface area contributed by atoms with Crippen LogP contribution in [0.5, 0.6) is 0 Å². The van der Waals surface area contributed by atoms with Crippen molar-refractivity contribution in [3.63, 3.8) is 0 Å². The van der Waals surface area contributed by atoms with Gasteiger partial charge < -0.3 is 24.0 Å². The molecule has 7 nitrogen and oxygen atoms in total. The number of carbonyl (C=O) groups is 2. The van der Waals surface area contributed by atoms with Crippen LogP contribution in [0.15, 0.2) is 48.5 Å². The van der Waals surface area contributed by atoms with Crippen molar-refractivity contribution in [2.75, 3.05) is 57.9 Å². The third kappa shape index (κ3) is 6.78. The second-order valence-corrected chi connectivity index (χ2v) is 11.7. The first-order valence-corrected chi connectivity index (χ1v) is 15.4. The number of hydrogen-bond acceptors (Lipinski definition) is 4. The van der Waals surface area contributed by atoms with E-state index in [1.54, 1.807) is 14.0 Å². The number of piperidine rings is 1. The quantitative estimate of drug-likeness (QED) is 0.314. The molecule has 2 amide bonds. The molecule has 2 aromatic carbocycles. The molecule has 0 aliphatic carbocycles. The highest BCUT2D eigenvalue weighted by atomic mass is 16.5. The van der Waals surface area contributed by atoms with Crippen molar-refractivity contribution in [3.8, 4) is 0 Å². The molecule has 5 rings (SSSR count). The first-order chi connectivity index (χ1) is 20.0. The predicted molar refractivity (Wildman–Crippen MR) is 166 cm³/mol. The van der Waals surface area contributed by atoms with Gasteiger partial charge in [-0.1, -0.05) is 30.3 Å². The number of ether oxygens (including phenoxy) is 1. The highest BCUT2D eigenvalue weighted by molar-refractivity contribution is 5.85. The van der Waals surface area contributed by atoms with Gasteiger partial charge in [-0.05, 0) is 68.4 Å². The Hall–Kier alpha value is -3.32. The van der Waals surface area contributed by atoms with E-state index in [-0.39, 0.29) is 11.8 Å². The molecule has 0 spiro atoms. The van der Waals surface area contributed by atoms with Crippen LogP contribution in [0.4, 0.5) is 5.69 Å². The van der Waals surface area contributed by atoms with Crippen LogP contribution < -0.4 is 4.90 Å². The van der Waals surface area contributed by atoms with Crippen LogP contribution in [0.3, 0.4) is 0 Å². The lowest BCUT2D eigenvalue weighted by molar-refractivity contribution is -0.132. The fourth-order valence-corrected chi connectivity index (χ4v) is 6.81. The zero-order valence-corrected chi connectivity index (χ0v) is 25.1. The van der Waals surface area contributed by atoms with Gasteiger partial charge in [0.1, 0.15) is 0 Å². The number of benzene rings is 2. The van der Waals surface area contributed by atoms with E-state index in [1.807, 2.05) is 4.90 Å². The first kappa shape index (κ1) is 29.2. The van der Waals surface area contributed by atoms with Crippen LogP contribution in [-0.2, 0) is 27.3 Å². The van der Waals surface area contributed by atoms with Crippen LogP contribution >= 0.6 is 0 Å². The van der Waals surface area contributed by atoms with Crippen molar-refractivity contribution in [1.29, 1.82) is 0 Å². The number of piperazine rings is 1. The Morgan fingerprint density at radius 2 is 1.68 bits per heavy atom. The van der Waals surface area contributed by atoms with Gasteiger partial charge >= 0.3 is 0 Å². The van der Waals surface area contributed by atoms with E-state index in [1.165, 1.54) is 33.4 Å². The predicted octanol–water partition coefficient (Wildman–Crippen LogP) is 5.38. The molecule has 2 fully saturated rings. The highest BCUT2D eigenvalue weighted by Crippen LogP contribution is 2.36. The van der Waals surface area contributed by atoms with E-state index < -0.39 is 0 Å². The molecule has 1 aromatic heterocycles. The molecule has 0 radical (unpaired) electrons. The van der Waals surface area contributed by atoms with Crippen molar-refractivity contribution >= 4 is 28.4 Å². The van der Waals surface area contributed by atoms with Gasteiger partial charge in [0.2, 0.25) is 11.8 Å². The monoisotopic (exact) mass is 558 g/mol. The molecule has 0 bridgehead atoms. The van der Waals surface area contributed by atoms with Crippen molar-refractivity contribution in [2.45, 2.75) is 64.8 Å². The average Bonchev–Trinajstić information content (AvgIpc) is 3.29. The van der Waals surface area contributed by atoms with Crippen LogP contribution in [0.25, 0.3) is 10.9 Å². The number of para-hydroxylation sites is 1. The standard InChI is InChI=1S/C34H46N4O3/c1-26-31-11-4-5-12-32(31)38(19-8-24-41-3)34(26)29-10-7-18-37(25-29)33(40)13-6-9-28-14-16-30(17-15-28)36-22-20-35(21-23-36)27(2)39/h4-5,11-12,14-17,29H,6-10,13,18-25H2,1-3H3. The normalized spacial score (nSPS) is 17.8. The van der Waals surface area contributed by atoms with E-state index >= 15 is 0 Å². The second-order valence-electron chi connectivity index (χ2n) is 11.7. The lowest BCUT2D eigenvalue weighted by atomic mass is 9.91. The summed E-state index contributed by atoms with van der Waals surface area (Å²) in [6, 6.07) is 17.5. The molecule has 2 aliphatic rings. The molecular formula is C34H46N4O3. The molecule has 3 aromatic rings. The maximum Gasteiger partial charge on any atom is 0.222 e. The van der Waals surface area contributed by atoms with Gasteiger partial charge in [-0.25, -0.2) is 0 Å². The lowest BCUT2D eigenvalue weighted by Gasteiger charge is -2.35. The minimum Gasteiger partial charge on any atom is -0.385 e. The van der Waals surface area contributed by atoms with Crippen molar-refractivity contribution < 1.29 is 14.3 Å². The average molecular weight is 559 g/mol. The Bertz CT molecular complexity index is 1320. The molecule has 2 saturated heterocycles. The third-order valence-electron chi connectivity index (χ3n) is 9.05. The highest BCUT2D eigenvalue weighted by Gasteiger charge is 2.29. The van der Waals surface area contributed by atoms with Gasteiger partial charge in [0.25, 0.3) is 0 Å². The summed E-state index contributed by atoms with van der Waals surface area (Å²) in [6.45, 7) is 10.6. The number of rotatable bonds is 10. The van der Waals surface area contributed by atoms with Crippen molar-refractivity contribution in [1.82, 2.24) is 14.4 Å². The van der Waals surface area contributed by atoms with Crippen molar-refractivity contribution in [2.24, 2.45) is 0 Å². The van der Waals surface area contributed by atoms with E-state index in [0.29, 0.717) is 12.3 Å². The molecule has 0 N–H and O–H groups in total. The number of aromatic nitrogens is 1. The van der Waals surface area contributed by atoms with E-state index in [9.17, 15) is 9.59 Å². The Labute approximate surface area is 245 Å². The van der Waals surface area contributed by atoms with Gasteiger partial charge in [0.15, 0.2) is 0 Å². The van der Waals surface area contributed by atoms with Crippen molar-refractivity contribution in [3.05, 3.63) is 65.4 Å². The molecule has 1 unspecified atom stereocenters. The fourth-order valence-electron chi connectivity index (χ4n) is 6.81. The first-order valence-electron chi connectivity index (χ1n) is 15.4. The van der Waals surface area contributed by atoms with E-state index in [2.05, 4.69) is 69.8 Å². The molecular weight excluding hydrogens is 512 g/mol. The topological polar surface area (TPSA) is 58.0 Å².